The summed E-state index contributed by atoms with van der Waals surface area (Å²) in [7, 11) is 0. The number of hydrogen-bond acceptors (Lipinski definition) is 3. The Kier molecular flexibility index (Phi) is 4.52. The Hall–Kier alpha value is -0.120. The average Bonchev–Trinajstić information content (AvgIpc) is 3.18. The molecule has 3 nitrogen and oxygen atoms in total. The van der Waals surface area contributed by atoms with E-state index in [-0.39, 0.29) is 0 Å². The van der Waals surface area contributed by atoms with Crippen molar-refractivity contribution >= 4 is 0 Å². The zero-order valence-corrected chi connectivity index (χ0v) is 13.4. The summed E-state index contributed by atoms with van der Waals surface area (Å²) in [6.45, 7) is 2.43. The van der Waals surface area contributed by atoms with Crippen LogP contribution < -0.4 is 5.32 Å². The zero-order chi connectivity index (χ0) is 14.1. The Morgan fingerprint density at radius 2 is 1.52 bits per heavy atom. The van der Waals surface area contributed by atoms with Crippen LogP contribution in [0.5, 0.6) is 0 Å². The van der Waals surface area contributed by atoms with E-state index in [0.717, 1.165) is 12.1 Å². The van der Waals surface area contributed by atoms with Gasteiger partial charge in [0.15, 0.2) is 0 Å². The quantitative estimate of drug-likeness (QED) is 0.865. The Labute approximate surface area is 129 Å². The summed E-state index contributed by atoms with van der Waals surface area (Å²) in [6, 6.07) is 2.29. The second-order valence-corrected chi connectivity index (χ2v) is 7.73. The van der Waals surface area contributed by atoms with Crippen molar-refractivity contribution in [2.75, 3.05) is 13.1 Å². The van der Waals surface area contributed by atoms with Crippen molar-refractivity contribution in [1.82, 2.24) is 10.2 Å². The molecule has 120 valence electrons. The van der Waals surface area contributed by atoms with Gasteiger partial charge >= 0.3 is 0 Å². The zero-order valence-electron chi connectivity index (χ0n) is 13.4. The van der Waals surface area contributed by atoms with Crippen LogP contribution in [0.15, 0.2) is 0 Å². The summed E-state index contributed by atoms with van der Waals surface area (Å²) in [6.07, 6.45) is 16.2. The molecule has 3 heteroatoms. The van der Waals surface area contributed by atoms with Gasteiger partial charge in [0.25, 0.3) is 0 Å². The molecule has 4 rings (SSSR count). The maximum Gasteiger partial charge on any atom is 0.0734 e. The molecular formula is C18H32N2O. The maximum atomic E-state index is 6.60. The van der Waals surface area contributed by atoms with Crippen molar-refractivity contribution in [3.05, 3.63) is 0 Å². The van der Waals surface area contributed by atoms with Crippen molar-refractivity contribution in [2.24, 2.45) is 0 Å². The summed E-state index contributed by atoms with van der Waals surface area (Å²) in [5.41, 5.74) is 0. The van der Waals surface area contributed by atoms with Crippen LogP contribution in [-0.4, -0.2) is 48.3 Å². The molecule has 0 bridgehead atoms. The van der Waals surface area contributed by atoms with Crippen molar-refractivity contribution in [1.29, 1.82) is 0 Å². The van der Waals surface area contributed by atoms with Crippen molar-refractivity contribution in [3.63, 3.8) is 0 Å². The van der Waals surface area contributed by atoms with Gasteiger partial charge in [0.1, 0.15) is 0 Å². The Morgan fingerprint density at radius 1 is 0.762 bits per heavy atom. The minimum Gasteiger partial charge on any atom is -0.373 e. The lowest BCUT2D eigenvalue weighted by Crippen LogP contribution is -2.61. The Balaban J connectivity index is 1.44. The first-order valence-corrected chi connectivity index (χ1v) is 9.56. The lowest BCUT2D eigenvalue weighted by atomic mass is 9.88. The van der Waals surface area contributed by atoms with Crippen LogP contribution in [0.2, 0.25) is 0 Å². The van der Waals surface area contributed by atoms with Crippen LogP contribution in [-0.2, 0) is 4.74 Å². The van der Waals surface area contributed by atoms with Gasteiger partial charge in [-0.3, -0.25) is 4.90 Å². The number of piperazine rings is 1. The standard InChI is InChI=1S/C18H32N2O/c1-2-7-14(6-1)21-18-11-4-3-9-17(18)20-13-12-19-15-8-5-10-16(15)20/h14-19H,1-13H2/t15-,16+,17+,18-/m1/s1. The normalized spacial score (nSPS) is 42.3. The Morgan fingerprint density at radius 3 is 2.43 bits per heavy atom. The van der Waals surface area contributed by atoms with E-state index in [2.05, 4.69) is 10.2 Å². The topological polar surface area (TPSA) is 24.5 Å². The lowest BCUT2D eigenvalue weighted by molar-refractivity contribution is -0.0875. The van der Waals surface area contributed by atoms with Gasteiger partial charge in [0, 0.05) is 31.2 Å². The molecule has 21 heavy (non-hydrogen) atoms. The highest BCUT2D eigenvalue weighted by molar-refractivity contribution is 4.99. The van der Waals surface area contributed by atoms with E-state index < -0.39 is 0 Å². The lowest BCUT2D eigenvalue weighted by Gasteiger charge is -2.47. The van der Waals surface area contributed by atoms with E-state index in [1.807, 2.05) is 0 Å². The van der Waals surface area contributed by atoms with Crippen LogP contribution in [0.4, 0.5) is 0 Å². The number of nitrogens with zero attached hydrogens (tertiary/aromatic N) is 1. The van der Waals surface area contributed by atoms with Crippen LogP contribution in [0, 0.1) is 0 Å². The molecule has 0 aromatic rings. The molecule has 0 aromatic carbocycles. The van der Waals surface area contributed by atoms with Gasteiger partial charge in [-0.25, -0.2) is 0 Å². The van der Waals surface area contributed by atoms with Crippen molar-refractivity contribution in [2.45, 2.75) is 101 Å². The molecular weight excluding hydrogens is 260 g/mol. The van der Waals surface area contributed by atoms with Gasteiger partial charge in [-0.2, -0.15) is 0 Å². The number of hydrogen-bond donors (Lipinski definition) is 1. The number of rotatable bonds is 3. The van der Waals surface area contributed by atoms with Crippen molar-refractivity contribution < 1.29 is 4.74 Å². The highest BCUT2D eigenvalue weighted by Gasteiger charge is 2.42. The Bertz CT molecular complexity index is 342. The largest absolute Gasteiger partial charge is 0.373 e. The average molecular weight is 292 g/mol. The molecule has 3 aliphatic carbocycles. The third-order valence-electron chi connectivity index (χ3n) is 6.45. The molecule has 3 saturated carbocycles. The fourth-order valence-corrected chi connectivity index (χ4v) is 5.42. The molecule has 1 aliphatic heterocycles. The van der Waals surface area contributed by atoms with Gasteiger partial charge in [0.2, 0.25) is 0 Å². The second-order valence-electron chi connectivity index (χ2n) is 7.73. The highest BCUT2D eigenvalue weighted by Crippen LogP contribution is 2.35. The minimum absolute atomic E-state index is 0.529. The maximum absolute atomic E-state index is 6.60. The van der Waals surface area contributed by atoms with Crippen LogP contribution in [0.1, 0.15) is 70.6 Å². The third kappa shape index (κ3) is 3.02. The van der Waals surface area contributed by atoms with Gasteiger partial charge < -0.3 is 10.1 Å². The van der Waals surface area contributed by atoms with Crippen LogP contribution in [0.3, 0.4) is 0 Å². The molecule has 4 atom stereocenters. The van der Waals surface area contributed by atoms with E-state index in [9.17, 15) is 0 Å². The van der Waals surface area contributed by atoms with E-state index in [4.69, 9.17) is 4.74 Å². The SMILES string of the molecule is C1CCC(O[C@@H]2CCCC[C@@H]2N2CCN[C@@H]3CCC[C@@H]32)C1. The van der Waals surface area contributed by atoms with E-state index in [1.165, 1.54) is 83.7 Å². The van der Waals surface area contributed by atoms with Gasteiger partial charge in [-0.15, -0.1) is 0 Å². The molecule has 4 aliphatic rings. The molecule has 4 fully saturated rings. The molecule has 0 unspecified atom stereocenters. The molecule has 0 spiro atoms. The first-order chi connectivity index (χ1) is 10.4. The molecule has 0 aromatic heterocycles. The summed E-state index contributed by atoms with van der Waals surface area (Å²) < 4.78 is 6.60. The van der Waals surface area contributed by atoms with E-state index in [1.54, 1.807) is 0 Å². The molecule has 0 amide bonds. The summed E-state index contributed by atoms with van der Waals surface area (Å²) in [4.78, 5) is 2.87. The van der Waals surface area contributed by atoms with Crippen LogP contribution in [0.25, 0.3) is 0 Å². The molecule has 1 heterocycles. The predicted molar refractivity (Wildman–Crippen MR) is 85.5 cm³/mol. The minimum atomic E-state index is 0.529. The summed E-state index contributed by atoms with van der Waals surface area (Å²) in [5, 5.41) is 3.76. The fourth-order valence-electron chi connectivity index (χ4n) is 5.42. The van der Waals surface area contributed by atoms with Gasteiger partial charge in [-0.1, -0.05) is 32.1 Å². The molecule has 1 saturated heterocycles. The fraction of sp³-hybridized carbons (Fsp3) is 1.00. The van der Waals surface area contributed by atoms with Gasteiger partial charge in [0.05, 0.1) is 12.2 Å². The molecule has 1 N–H and O–H groups in total. The highest BCUT2D eigenvalue weighted by atomic mass is 16.5. The predicted octanol–water partition coefficient (Wildman–Crippen LogP) is 3.08. The number of nitrogens with one attached hydrogen (secondary N) is 1. The first kappa shape index (κ1) is 14.5. The van der Waals surface area contributed by atoms with Gasteiger partial charge in [-0.05, 0) is 38.5 Å². The summed E-state index contributed by atoms with van der Waals surface area (Å²) in [5.74, 6) is 0. The number of fused-ring (bicyclic) bond motifs is 1. The van der Waals surface area contributed by atoms with Crippen LogP contribution >= 0.6 is 0 Å². The molecule has 0 radical (unpaired) electrons. The smallest absolute Gasteiger partial charge is 0.0734 e. The first-order valence-electron chi connectivity index (χ1n) is 9.56. The van der Waals surface area contributed by atoms with Crippen molar-refractivity contribution in [3.8, 4) is 0 Å². The van der Waals surface area contributed by atoms with E-state index >= 15 is 0 Å². The second kappa shape index (κ2) is 6.55. The monoisotopic (exact) mass is 292 g/mol. The van der Waals surface area contributed by atoms with E-state index in [0.29, 0.717) is 18.2 Å². The number of ether oxygens (including phenoxy) is 1. The third-order valence-corrected chi connectivity index (χ3v) is 6.45. The summed E-state index contributed by atoms with van der Waals surface area (Å²) >= 11 is 0.